The van der Waals surface area contributed by atoms with E-state index in [2.05, 4.69) is 4.98 Å². The highest BCUT2D eigenvalue weighted by Gasteiger charge is 2.37. The summed E-state index contributed by atoms with van der Waals surface area (Å²) < 4.78 is 32.7. The molecule has 1 saturated heterocycles. The molecule has 0 bridgehead atoms. The number of rotatable bonds is 3. The van der Waals surface area contributed by atoms with Crippen LogP contribution in [0.5, 0.6) is 0 Å². The smallest absolute Gasteiger partial charge is 0.253 e. The first kappa shape index (κ1) is 14.2. The lowest BCUT2D eigenvalue weighted by Crippen LogP contribution is -2.43. The third kappa shape index (κ3) is 2.53. The summed E-state index contributed by atoms with van der Waals surface area (Å²) in [5.74, 6) is 0. The molecule has 0 unspecified atom stereocenters. The van der Waals surface area contributed by atoms with Crippen molar-refractivity contribution in [2.45, 2.75) is 17.2 Å². The Balaban J connectivity index is 1.97. The van der Waals surface area contributed by atoms with Gasteiger partial charge in [0, 0.05) is 17.6 Å². The molecule has 0 radical (unpaired) electrons. The van der Waals surface area contributed by atoms with E-state index in [1.165, 1.54) is 27.0 Å². The molecular formula is C12H14N2O3S3. The van der Waals surface area contributed by atoms with E-state index in [4.69, 9.17) is 4.74 Å². The first-order valence-electron chi connectivity index (χ1n) is 6.14. The molecule has 1 atom stereocenters. The van der Waals surface area contributed by atoms with E-state index in [-0.39, 0.29) is 6.04 Å². The van der Waals surface area contributed by atoms with Crippen LogP contribution in [0.4, 0.5) is 0 Å². The fraction of sp³-hybridized carbons (Fsp3) is 0.417. The van der Waals surface area contributed by atoms with Gasteiger partial charge in [0.1, 0.15) is 15.3 Å². The zero-order valence-corrected chi connectivity index (χ0v) is 13.3. The van der Waals surface area contributed by atoms with Crippen molar-refractivity contribution in [3.63, 3.8) is 0 Å². The second-order valence-corrected chi connectivity index (χ2v) is 8.42. The maximum atomic E-state index is 12.7. The normalized spacial score (nSPS) is 21.1. The van der Waals surface area contributed by atoms with Gasteiger partial charge in [0.25, 0.3) is 10.0 Å². The van der Waals surface area contributed by atoms with Crippen LogP contribution in [-0.4, -0.2) is 37.5 Å². The van der Waals surface area contributed by atoms with Gasteiger partial charge >= 0.3 is 0 Å². The number of aromatic nitrogens is 1. The summed E-state index contributed by atoms with van der Waals surface area (Å²) >= 11 is 2.72. The molecule has 20 heavy (non-hydrogen) atoms. The van der Waals surface area contributed by atoms with Gasteiger partial charge in [-0.05, 0) is 18.4 Å². The first-order valence-corrected chi connectivity index (χ1v) is 9.34. The largest absolute Gasteiger partial charge is 0.378 e. The number of thiazole rings is 1. The standard InChI is InChI=1S/C12H14N2O3S3/c1-9-8-19-12(13-9)10-7-17-5-4-14(10)20(15,16)11-3-2-6-18-11/h2-3,6,8,10H,4-5,7H2,1H3/t10-/m1/s1. The summed E-state index contributed by atoms with van der Waals surface area (Å²) in [4.78, 5) is 4.42. The van der Waals surface area contributed by atoms with Crippen LogP contribution in [0.25, 0.3) is 0 Å². The van der Waals surface area contributed by atoms with Crippen LogP contribution >= 0.6 is 22.7 Å². The molecule has 8 heteroatoms. The molecule has 0 aliphatic carbocycles. The molecule has 1 fully saturated rings. The van der Waals surface area contributed by atoms with Crippen LogP contribution in [0.3, 0.4) is 0 Å². The highest BCUT2D eigenvalue weighted by molar-refractivity contribution is 7.91. The van der Waals surface area contributed by atoms with Crippen molar-refractivity contribution in [2.75, 3.05) is 19.8 Å². The summed E-state index contributed by atoms with van der Waals surface area (Å²) in [6.07, 6.45) is 0. The Morgan fingerprint density at radius 2 is 2.30 bits per heavy atom. The molecule has 0 aromatic carbocycles. The van der Waals surface area contributed by atoms with E-state index in [1.54, 1.807) is 17.5 Å². The number of ether oxygens (including phenoxy) is 1. The molecule has 3 rings (SSSR count). The summed E-state index contributed by atoms with van der Waals surface area (Å²) in [7, 11) is -3.47. The third-order valence-electron chi connectivity index (χ3n) is 3.06. The van der Waals surface area contributed by atoms with Crippen LogP contribution in [0.1, 0.15) is 16.7 Å². The zero-order valence-electron chi connectivity index (χ0n) is 10.9. The SMILES string of the molecule is Cc1csc([C@H]2COCCN2S(=O)(=O)c2cccs2)n1. The monoisotopic (exact) mass is 330 g/mol. The van der Waals surface area contributed by atoms with Crippen LogP contribution in [0.2, 0.25) is 0 Å². The Bertz CT molecular complexity index is 679. The summed E-state index contributed by atoms with van der Waals surface area (Å²) in [6.45, 7) is 3.05. The van der Waals surface area contributed by atoms with Gasteiger partial charge in [-0.2, -0.15) is 4.31 Å². The molecule has 0 amide bonds. The molecular weight excluding hydrogens is 316 g/mol. The minimum Gasteiger partial charge on any atom is -0.378 e. The highest BCUT2D eigenvalue weighted by atomic mass is 32.2. The van der Waals surface area contributed by atoms with Crippen molar-refractivity contribution in [3.8, 4) is 0 Å². The zero-order chi connectivity index (χ0) is 14.2. The highest BCUT2D eigenvalue weighted by Crippen LogP contribution is 2.33. The molecule has 2 aromatic heterocycles. The van der Waals surface area contributed by atoms with Gasteiger partial charge in [0.05, 0.1) is 13.2 Å². The number of sulfonamides is 1. The van der Waals surface area contributed by atoms with Crippen molar-refractivity contribution >= 4 is 32.7 Å². The third-order valence-corrected chi connectivity index (χ3v) is 7.40. The summed E-state index contributed by atoms with van der Waals surface area (Å²) in [5.41, 5.74) is 0.907. The topological polar surface area (TPSA) is 59.5 Å². The minimum atomic E-state index is -3.47. The number of nitrogens with zero attached hydrogens (tertiary/aromatic N) is 2. The molecule has 1 aliphatic heterocycles. The van der Waals surface area contributed by atoms with Gasteiger partial charge in [-0.3, -0.25) is 0 Å². The Hall–Kier alpha value is -0.800. The molecule has 5 nitrogen and oxygen atoms in total. The van der Waals surface area contributed by atoms with Crippen LogP contribution in [0.15, 0.2) is 27.1 Å². The van der Waals surface area contributed by atoms with Crippen molar-refractivity contribution in [2.24, 2.45) is 0 Å². The van der Waals surface area contributed by atoms with E-state index < -0.39 is 10.0 Å². The van der Waals surface area contributed by atoms with E-state index in [1.807, 2.05) is 12.3 Å². The van der Waals surface area contributed by atoms with Crippen molar-refractivity contribution in [1.29, 1.82) is 0 Å². The van der Waals surface area contributed by atoms with Gasteiger partial charge in [-0.15, -0.1) is 22.7 Å². The van der Waals surface area contributed by atoms with Gasteiger partial charge in [0.15, 0.2) is 0 Å². The predicted molar refractivity (Wildman–Crippen MR) is 78.6 cm³/mol. The van der Waals surface area contributed by atoms with E-state index in [9.17, 15) is 8.42 Å². The second-order valence-electron chi connectivity index (χ2n) is 4.47. The summed E-state index contributed by atoms with van der Waals surface area (Å²) in [6, 6.07) is 3.06. The Morgan fingerprint density at radius 3 is 2.95 bits per heavy atom. The van der Waals surface area contributed by atoms with Crippen LogP contribution < -0.4 is 0 Å². The predicted octanol–water partition coefficient (Wildman–Crippen LogP) is 2.28. The lowest BCUT2D eigenvalue weighted by Gasteiger charge is -2.32. The fourth-order valence-corrected chi connectivity index (χ4v) is 5.76. The molecule has 1 aliphatic rings. The lowest BCUT2D eigenvalue weighted by molar-refractivity contribution is 0.0320. The number of morpholine rings is 1. The fourth-order valence-electron chi connectivity index (χ4n) is 2.12. The molecule has 0 spiro atoms. The van der Waals surface area contributed by atoms with E-state index in [0.717, 1.165) is 10.7 Å². The van der Waals surface area contributed by atoms with Crippen LogP contribution in [-0.2, 0) is 14.8 Å². The molecule has 2 aromatic rings. The second kappa shape index (κ2) is 5.53. The van der Waals surface area contributed by atoms with Crippen molar-refractivity contribution in [1.82, 2.24) is 9.29 Å². The number of aryl methyl sites for hydroxylation is 1. The van der Waals surface area contributed by atoms with E-state index in [0.29, 0.717) is 24.0 Å². The van der Waals surface area contributed by atoms with E-state index >= 15 is 0 Å². The first-order chi connectivity index (χ1) is 9.59. The molecule has 108 valence electrons. The molecule has 3 heterocycles. The van der Waals surface area contributed by atoms with Crippen molar-refractivity contribution < 1.29 is 13.2 Å². The van der Waals surface area contributed by atoms with Crippen molar-refractivity contribution in [3.05, 3.63) is 33.6 Å². The van der Waals surface area contributed by atoms with Crippen LogP contribution in [0, 0.1) is 6.92 Å². The van der Waals surface area contributed by atoms with Gasteiger partial charge in [0.2, 0.25) is 0 Å². The molecule has 0 N–H and O–H groups in total. The van der Waals surface area contributed by atoms with Gasteiger partial charge in [-0.1, -0.05) is 6.07 Å². The average Bonchev–Trinajstić information content (AvgIpc) is 3.10. The molecule has 0 saturated carbocycles. The summed E-state index contributed by atoms with van der Waals surface area (Å²) in [5, 5.41) is 4.50. The number of thiophene rings is 1. The van der Waals surface area contributed by atoms with Gasteiger partial charge < -0.3 is 4.74 Å². The van der Waals surface area contributed by atoms with Gasteiger partial charge in [-0.25, -0.2) is 13.4 Å². The quantitative estimate of drug-likeness (QED) is 0.866. The number of hydrogen-bond acceptors (Lipinski definition) is 6. The Labute approximate surface area is 125 Å². The Morgan fingerprint density at radius 1 is 1.45 bits per heavy atom. The minimum absolute atomic E-state index is 0.324. The number of hydrogen-bond donors (Lipinski definition) is 0. The lowest BCUT2D eigenvalue weighted by atomic mass is 10.3. The maximum Gasteiger partial charge on any atom is 0.253 e. The average molecular weight is 330 g/mol. The Kier molecular flexibility index (Phi) is 3.91. The maximum absolute atomic E-state index is 12.7.